The molecule has 0 amide bonds. The molecular formula is C16H13FN2. The van der Waals surface area contributed by atoms with Gasteiger partial charge in [0.2, 0.25) is 0 Å². The van der Waals surface area contributed by atoms with Crippen LogP contribution in [0.4, 0.5) is 10.1 Å². The fourth-order valence-corrected chi connectivity index (χ4v) is 2.07. The Morgan fingerprint density at radius 3 is 2.68 bits per heavy atom. The Balaban J connectivity index is 1.90. The Labute approximate surface area is 110 Å². The standard InChI is InChI=1S/C16H13FN2/c17-13-6-7-15-14(10-13)16(8-9-18-15)19-11-12-4-2-1-3-5-12/h1-10H,11H2,(H,18,19). The molecule has 0 aliphatic carbocycles. The summed E-state index contributed by atoms with van der Waals surface area (Å²) in [5.41, 5.74) is 2.87. The summed E-state index contributed by atoms with van der Waals surface area (Å²) >= 11 is 0. The van der Waals surface area contributed by atoms with Gasteiger partial charge in [-0.05, 0) is 29.8 Å². The molecule has 3 heteroatoms. The first-order valence-electron chi connectivity index (χ1n) is 6.15. The summed E-state index contributed by atoms with van der Waals surface area (Å²) in [6.45, 7) is 0.705. The number of aromatic nitrogens is 1. The van der Waals surface area contributed by atoms with Crippen LogP contribution in [0.3, 0.4) is 0 Å². The first-order valence-corrected chi connectivity index (χ1v) is 6.15. The third kappa shape index (κ3) is 2.55. The first-order chi connectivity index (χ1) is 9.33. The zero-order valence-corrected chi connectivity index (χ0v) is 10.3. The Morgan fingerprint density at radius 2 is 1.84 bits per heavy atom. The smallest absolute Gasteiger partial charge is 0.124 e. The summed E-state index contributed by atoms with van der Waals surface area (Å²) in [6.07, 6.45) is 1.73. The van der Waals surface area contributed by atoms with Gasteiger partial charge in [0, 0.05) is 23.8 Å². The van der Waals surface area contributed by atoms with E-state index >= 15 is 0 Å². The molecule has 0 fully saturated rings. The number of halogens is 1. The highest BCUT2D eigenvalue weighted by Crippen LogP contribution is 2.22. The zero-order valence-electron chi connectivity index (χ0n) is 10.3. The molecule has 1 heterocycles. The largest absolute Gasteiger partial charge is 0.380 e. The Morgan fingerprint density at radius 1 is 1.00 bits per heavy atom. The topological polar surface area (TPSA) is 24.9 Å². The van der Waals surface area contributed by atoms with E-state index in [4.69, 9.17) is 0 Å². The highest BCUT2D eigenvalue weighted by atomic mass is 19.1. The van der Waals surface area contributed by atoms with Gasteiger partial charge < -0.3 is 5.32 Å². The number of pyridine rings is 1. The van der Waals surface area contributed by atoms with Crippen molar-refractivity contribution in [2.75, 3.05) is 5.32 Å². The maximum atomic E-state index is 13.3. The molecule has 19 heavy (non-hydrogen) atoms. The average Bonchev–Trinajstić information content (AvgIpc) is 2.46. The number of nitrogens with one attached hydrogen (secondary N) is 1. The van der Waals surface area contributed by atoms with E-state index in [0.717, 1.165) is 16.6 Å². The van der Waals surface area contributed by atoms with Crippen LogP contribution in [0.2, 0.25) is 0 Å². The molecule has 3 rings (SSSR count). The predicted molar refractivity (Wildman–Crippen MR) is 75.5 cm³/mol. The van der Waals surface area contributed by atoms with Crippen LogP contribution >= 0.6 is 0 Å². The maximum Gasteiger partial charge on any atom is 0.124 e. The molecule has 0 unspecified atom stereocenters. The van der Waals surface area contributed by atoms with E-state index in [0.29, 0.717) is 6.54 Å². The lowest BCUT2D eigenvalue weighted by molar-refractivity contribution is 0.629. The summed E-state index contributed by atoms with van der Waals surface area (Å²) in [6, 6.07) is 16.6. The van der Waals surface area contributed by atoms with E-state index in [1.165, 1.54) is 17.7 Å². The predicted octanol–water partition coefficient (Wildman–Crippen LogP) is 3.99. The maximum absolute atomic E-state index is 13.3. The van der Waals surface area contributed by atoms with Gasteiger partial charge in [0.15, 0.2) is 0 Å². The summed E-state index contributed by atoms with van der Waals surface area (Å²) in [7, 11) is 0. The van der Waals surface area contributed by atoms with Crippen LogP contribution < -0.4 is 5.32 Å². The molecule has 2 nitrogen and oxygen atoms in total. The third-order valence-corrected chi connectivity index (χ3v) is 3.03. The van der Waals surface area contributed by atoms with E-state index in [1.807, 2.05) is 24.3 Å². The van der Waals surface area contributed by atoms with Gasteiger partial charge in [-0.3, -0.25) is 4.98 Å². The summed E-state index contributed by atoms with van der Waals surface area (Å²) in [5.74, 6) is -0.247. The summed E-state index contributed by atoms with van der Waals surface area (Å²) in [5, 5.41) is 4.13. The lowest BCUT2D eigenvalue weighted by Crippen LogP contribution is -2.00. The summed E-state index contributed by atoms with van der Waals surface area (Å²) < 4.78 is 13.3. The number of fused-ring (bicyclic) bond motifs is 1. The lowest BCUT2D eigenvalue weighted by Gasteiger charge is -2.09. The number of rotatable bonds is 3. The van der Waals surface area contributed by atoms with Gasteiger partial charge in [-0.2, -0.15) is 0 Å². The Hall–Kier alpha value is -2.42. The van der Waals surface area contributed by atoms with E-state index in [2.05, 4.69) is 22.4 Å². The third-order valence-electron chi connectivity index (χ3n) is 3.03. The lowest BCUT2D eigenvalue weighted by atomic mass is 10.1. The van der Waals surface area contributed by atoms with Crippen molar-refractivity contribution >= 4 is 16.6 Å². The Bertz CT molecular complexity index is 695. The van der Waals surface area contributed by atoms with Gasteiger partial charge in [0.05, 0.1) is 5.52 Å². The molecular weight excluding hydrogens is 239 g/mol. The van der Waals surface area contributed by atoms with Gasteiger partial charge >= 0.3 is 0 Å². The van der Waals surface area contributed by atoms with E-state index < -0.39 is 0 Å². The second kappa shape index (κ2) is 5.06. The quantitative estimate of drug-likeness (QED) is 0.762. The Kier molecular flexibility index (Phi) is 3.11. The SMILES string of the molecule is Fc1ccc2nccc(NCc3ccccc3)c2c1. The van der Waals surface area contributed by atoms with Crippen molar-refractivity contribution in [2.45, 2.75) is 6.54 Å². The molecule has 3 aromatic rings. The monoisotopic (exact) mass is 252 g/mol. The number of hydrogen-bond acceptors (Lipinski definition) is 2. The number of benzene rings is 2. The molecule has 0 saturated heterocycles. The molecule has 0 atom stereocenters. The highest BCUT2D eigenvalue weighted by Gasteiger charge is 2.03. The van der Waals surface area contributed by atoms with Crippen molar-refractivity contribution in [3.63, 3.8) is 0 Å². The van der Waals surface area contributed by atoms with Gasteiger partial charge in [-0.15, -0.1) is 0 Å². The molecule has 1 aromatic heterocycles. The van der Waals surface area contributed by atoms with E-state index in [-0.39, 0.29) is 5.82 Å². The molecule has 0 radical (unpaired) electrons. The van der Waals surface area contributed by atoms with Gasteiger partial charge in [-0.1, -0.05) is 30.3 Å². The first kappa shape index (κ1) is 11.7. The van der Waals surface area contributed by atoms with E-state index in [1.54, 1.807) is 12.3 Å². The van der Waals surface area contributed by atoms with Crippen LogP contribution in [0.5, 0.6) is 0 Å². The van der Waals surface area contributed by atoms with Crippen LogP contribution in [0.15, 0.2) is 60.8 Å². The van der Waals surface area contributed by atoms with Gasteiger partial charge in [0.25, 0.3) is 0 Å². The van der Waals surface area contributed by atoms with Crippen LogP contribution in [-0.2, 0) is 6.54 Å². The minimum absolute atomic E-state index is 0.247. The highest BCUT2D eigenvalue weighted by molar-refractivity contribution is 5.90. The molecule has 0 bridgehead atoms. The van der Waals surface area contributed by atoms with Crippen LogP contribution in [0.1, 0.15) is 5.56 Å². The fraction of sp³-hybridized carbons (Fsp3) is 0.0625. The summed E-state index contributed by atoms with van der Waals surface area (Å²) in [4.78, 5) is 4.23. The zero-order chi connectivity index (χ0) is 13.1. The van der Waals surface area contributed by atoms with Crippen LogP contribution in [0, 0.1) is 5.82 Å². The van der Waals surface area contributed by atoms with Crippen molar-refractivity contribution in [3.8, 4) is 0 Å². The molecule has 2 aromatic carbocycles. The molecule has 0 saturated carbocycles. The molecule has 1 N–H and O–H groups in total. The van der Waals surface area contributed by atoms with Gasteiger partial charge in [0.1, 0.15) is 5.82 Å². The minimum atomic E-state index is -0.247. The second-order valence-electron chi connectivity index (χ2n) is 4.36. The van der Waals surface area contributed by atoms with Gasteiger partial charge in [-0.25, -0.2) is 4.39 Å². The number of hydrogen-bond donors (Lipinski definition) is 1. The number of nitrogens with zero attached hydrogens (tertiary/aromatic N) is 1. The van der Waals surface area contributed by atoms with Crippen molar-refractivity contribution in [1.29, 1.82) is 0 Å². The molecule has 0 aliphatic rings. The van der Waals surface area contributed by atoms with Crippen molar-refractivity contribution in [2.24, 2.45) is 0 Å². The van der Waals surface area contributed by atoms with Crippen LogP contribution in [0.25, 0.3) is 10.9 Å². The van der Waals surface area contributed by atoms with Crippen LogP contribution in [-0.4, -0.2) is 4.98 Å². The van der Waals surface area contributed by atoms with E-state index in [9.17, 15) is 4.39 Å². The number of anilines is 1. The van der Waals surface area contributed by atoms with Crippen molar-refractivity contribution < 1.29 is 4.39 Å². The average molecular weight is 252 g/mol. The van der Waals surface area contributed by atoms with Crippen molar-refractivity contribution in [1.82, 2.24) is 4.98 Å². The second-order valence-corrected chi connectivity index (χ2v) is 4.36. The normalized spacial score (nSPS) is 10.6. The van der Waals surface area contributed by atoms with Crippen molar-refractivity contribution in [3.05, 3.63) is 72.2 Å². The molecule has 0 spiro atoms. The molecule has 0 aliphatic heterocycles. The minimum Gasteiger partial charge on any atom is -0.380 e. The molecule has 94 valence electrons. The fourth-order valence-electron chi connectivity index (χ4n) is 2.07.